The summed E-state index contributed by atoms with van der Waals surface area (Å²) in [7, 11) is 1.20. The van der Waals surface area contributed by atoms with E-state index in [4.69, 9.17) is 9.47 Å². The quantitative estimate of drug-likeness (QED) is 0.237. The van der Waals surface area contributed by atoms with Crippen LogP contribution in [-0.2, 0) is 35.1 Å². The van der Waals surface area contributed by atoms with Gasteiger partial charge in [0.25, 0.3) is 5.91 Å². The summed E-state index contributed by atoms with van der Waals surface area (Å²) in [5, 5.41) is 0.173. The molecule has 0 aromatic carbocycles. The molecule has 1 fully saturated rings. The molecule has 0 N–H and O–H groups in total. The van der Waals surface area contributed by atoms with Crippen LogP contribution in [0.2, 0.25) is 0 Å². The van der Waals surface area contributed by atoms with E-state index < -0.39 is 23.8 Å². The Morgan fingerprint density at radius 3 is 2.58 bits per heavy atom. The minimum absolute atomic E-state index is 0.0496. The zero-order valence-electron chi connectivity index (χ0n) is 17.3. The molecule has 0 spiro atoms. The highest BCUT2D eigenvalue weighted by atomic mass is 32.2. The fraction of sp³-hybridized carbons (Fsp3) is 0.368. The van der Waals surface area contributed by atoms with Crippen molar-refractivity contribution in [2.24, 2.45) is 4.99 Å². The van der Waals surface area contributed by atoms with E-state index in [0.717, 1.165) is 17.8 Å². The van der Waals surface area contributed by atoms with Crippen LogP contribution >= 0.6 is 11.8 Å². The van der Waals surface area contributed by atoms with Crippen LogP contribution in [0.4, 0.5) is 5.82 Å². The van der Waals surface area contributed by atoms with Gasteiger partial charge in [-0.3, -0.25) is 14.5 Å². The van der Waals surface area contributed by atoms with Crippen molar-refractivity contribution in [1.29, 1.82) is 0 Å². The highest BCUT2D eigenvalue weighted by molar-refractivity contribution is 8.18. The topological polar surface area (TPSA) is 129 Å². The maximum absolute atomic E-state index is 12.6. The largest absolute Gasteiger partial charge is 0.466 e. The van der Waals surface area contributed by atoms with E-state index in [1.54, 1.807) is 13.8 Å². The molecule has 0 unspecified atom stereocenters. The van der Waals surface area contributed by atoms with Crippen LogP contribution in [0.5, 0.6) is 0 Å². The predicted octanol–water partition coefficient (Wildman–Crippen LogP) is 1.43. The number of methoxy groups -OCH3 is 1. The lowest BCUT2D eigenvalue weighted by Crippen LogP contribution is -2.29. The number of imidazole rings is 1. The summed E-state index contributed by atoms with van der Waals surface area (Å²) >= 11 is 0.916. The molecular weight excluding hydrogens is 428 g/mol. The summed E-state index contributed by atoms with van der Waals surface area (Å²) in [6.45, 7) is 7.04. The van der Waals surface area contributed by atoms with Gasteiger partial charge in [-0.2, -0.15) is 0 Å². The molecular formula is C19H22N4O7S. The maximum Gasteiger partial charge on any atom is 0.358 e. The van der Waals surface area contributed by atoms with Crippen molar-refractivity contribution in [2.75, 3.05) is 26.9 Å². The zero-order valence-corrected chi connectivity index (χ0v) is 18.1. The van der Waals surface area contributed by atoms with Crippen LogP contribution in [0.1, 0.15) is 24.3 Å². The van der Waals surface area contributed by atoms with Crippen molar-refractivity contribution in [3.63, 3.8) is 0 Å². The molecule has 166 valence electrons. The highest BCUT2D eigenvalue weighted by Gasteiger charge is 2.34. The van der Waals surface area contributed by atoms with Gasteiger partial charge in [0.05, 0.1) is 31.6 Å². The van der Waals surface area contributed by atoms with E-state index in [1.165, 1.54) is 29.0 Å². The first kappa shape index (κ1) is 23.9. The molecule has 1 aromatic heterocycles. The first-order chi connectivity index (χ1) is 14.9. The van der Waals surface area contributed by atoms with Gasteiger partial charge in [0.15, 0.2) is 16.7 Å². The minimum Gasteiger partial charge on any atom is -0.466 e. The molecule has 0 bridgehead atoms. The molecule has 1 saturated heterocycles. The number of aromatic nitrogens is 2. The lowest BCUT2D eigenvalue weighted by Gasteiger charge is -2.12. The summed E-state index contributed by atoms with van der Waals surface area (Å²) in [6, 6.07) is 0. The fourth-order valence-corrected chi connectivity index (χ4v) is 3.41. The molecule has 0 atom stereocenters. The number of amidine groups is 1. The Labute approximate surface area is 182 Å². The second-order valence-corrected chi connectivity index (χ2v) is 6.81. The summed E-state index contributed by atoms with van der Waals surface area (Å²) in [5.41, 5.74) is -0.0700. The predicted molar refractivity (Wildman–Crippen MR) is 112 cm³/mol. The van der Waals surface area contributed by atoms with Gasteiger partial charge in [-0.15, -0.1) is 6.58 Å². The number of esters is 3. The van der Waals surface area contributed by atoms with Crippen molar-refractivity contribution in [3.05, 3.63) is 35.7 Å². The third kappa shape index (κ3) is 5.81. The van der Waals surface area contributed by atoms with E-state index in [1.807, 2.05) is 0 Å². The number of ether oxygens (including phenoxy) is 3. The van der Waals surface area contributed by atoms with Crippen molar-refractivity contribution >= 4 is 46.6 Å². The first-order valence-corrected chi connectivity index (χ1v) is 10.0. The normalized spacial score (nSPS) is 16.0. The lowest BCUT2D eigenvalue weighted by molar-refractivity contribution is -0.143. The van der Waals surface area contributed by atoms with Gasteiger partial charge in [-0.05, 0) is 25.6 Å². The summed E-state index contributed by atoms with van der Waals surface area (Å²) in [6.07, 6.45) is 3.80. The van der Waals surface area contributed by atoms with Crippen LogP contribution in [0.25, 0.3) is 0 Å². The number of carbonyl (C=O) groups excluding carboxylic acids is 4. The Morgan fingerprint density at radius 1 is 1.26 bits per heavy atom. The lowest BCUT2D eigenvalue weighted by atomic mass is 10.4. The molecule has 2 rings (SSSR count). The molecule has 0 aliphatic carbocycles. The molecule has 1 amide bonds. The molecule has 1 aromatic rings. The average molecular weight is 450 g/mol. The van der Waals surface area contributed by atoms with Gasteiger partial charge >= 0.3 is 17.9 Å². The molecule has 12 heteroatoms. The Kier molecular flexibility index (Phi) is 8.55. The standard InChI is InChI=1S/C19H22N4O7S/c1-5-8-23-17(26)12(9-13(24)28-4)31-19(23)21-16-15(18(27)30-7-3)22(11-20-16)10-14(25)29-6-2/h5,9,11H,1,6-8,10H2,2-4H3/b12-9+,21-19-. The van der Waals surface area contributed by atoms with Gasteiger partial charge in [-0.25, -0.2) is 19.6 Å². The fourth-order valence-electron chi connectivity index (χ4n) is 2.47. The second kappa shape index (κ2) is 11.1. The van der Waals surface area contributed by atoms with Crippen molar-refractivity contribution in [3.8, 4) is 0 Å². The van der Waals surface area contributed by atoms with E-state index in [9.17, 15) is 19.2 Å². The molecule has 2 heterocycles. The molecule has 1 aliphatic heterocycles. The van der Waals surface area contributed by atoms with Crippen LogP contribution in [-0.4, -0.2) is 70.3 Å². The number of amides is 1. The first-order valence-electron chi connectivity index (χ1n) is 9.22. The number of hydrogen-bond donors (Lipinski definition) is 0. The number of hydrogen-bond acceptors (Lipinski definition) is 10. The maximum atomic E-state index is 12.6. The van der Waals surface area contributed by atoms with Crippen LogP contribution in [0.15, 0.2) is 35.0 Å². The third-order valence-corrected chi connectivity index (χ3v) is 4.75. The summed E-state index contributed by atoms with van der Waals surface area (Å²) in [4.78, 5) is 58.3. The van der Waals surface area contributed by atoms with Crippen molar-refractivity contribution in [1.82, 2.24) is 14.5 Å². The number of aliphatic imine (C=N–C) groups is 1. The minimum atomic E-state index is -0.737. The molecule has 1 aliphatic rings. The molecule has 11 nitrogen and oxygen atoms in total. The number of rotatable bonds is 9. The summed E-state index contributed by atoms with van der Waals surface area (Å²) in [5.74, 6) is -2.52. The van der Waals surface area contributed by atoms with Crippen molar-refractivity contribution in [2.45, 2.75) is 20.4 Å². The van der Waals surface area contributed by atoms with Gasteiger partial charge in [0.1, 0.15) is 6.54 Å². The van der Waals surface area contributed by atoms with E-state index >= 15 is 0 Å². The number of nitrogens with zero attached hydrogens (tertiary/aromatic N) is 4. The highest BCUT2D eigenvalue weighted by Crippen LogP contribution is 2.33. The van der Waals surface area contributed by atoms with E-state index in [2.05, 4.69) is 21.3 Å². The molecule has 0 saturated carbocycles. The third-order valence-electron chi connectivity index (χ3n) is 3.74. The van der Waals surface area contributed by atoms with E-state index in [-0.39, 0.29) is 47.9 Å². The van der Waals surface area contributed by atoms with Crippen LogP contribution in [0.3, 0.4) is 0 Å². The molecule has 31 heavy (non-hydrogen) atoms. The Morgan fingerprint density at radius 2 is 1.97 bits per heavy atom. The van der Waals surface area contributed by atoms with Gasteiger partial charge in [-0.1, -0.05) is 6.08 Å². The van der Waals surface area contributed by atoms with Gasteiger partial charge in [0, 0.05) is 12.6 Å². The van der Waals surface area contributed by atoms with Gasteiger partial charge < -0.3 is 18.8 Å². The zero-order chi connectivity index (χ0) is 23.0. The van der Waals surface area contributed by atoms with Crippen LogP contribution in [0, 0.1) is 0 Å². The van der Waals surface area contributed by atoms with Gasteiger partial charge in [0.2, 0.25) is 0 Å². The summed E-state index contributed by atoms with van der Waals surface area (Å²) < 4.78 is 15.8. The number of thioether (sulfide) groups is 1. The monoisotopic (exact) mass is 450 g/mol. The van der Waals surface area contributed by atoms with E-state index in [0.29, 0.717) is 0 Å². The Bertz CT molecular complexity index is 951. The van der Waals surface area contributed by atoms with Crippen molar-refractivity contribution < 1.29 is 33.4 Å². The smallest absolute Gasteiger partial charge is 0.358 e. The van der Waals surface area contributed by atoms with Crippen LogP contribution < -0.4 is 0 Å². The average Bonchev–Trinajstić information content (AvgIpc) is 3.24. The Hall–Kier alpha value is -3.41. The Balaban J connectivity index is 2.49. The molecule has 0 radical (unpaired) electrons. The SMILES string of the molecule is C=CCN1C(=O)/C(=C\C(=O)OC)S/C1=N\c1ncn(CC(=O)OCC)c1C(=O)OCC. The second-order valence-electron chi connectivity index (χ2n) is 5.80. The number of carbonyl (C=O) groups is 4.